The van der Waals surface area contributed by atoms with Gasteiger partial charge in [-0.15, -0.1) is 0 Å². The number of aromatic nitrogens is 1. The maximum atomic E-state index is 11.8. The molecule has 0 radical (unpaired) electrons. The number of nitrogens with zero attached hydrogens (tertiary/aromatic N) is 3. The lowest BCUT2D eigenvalue weighted by Gasteiger charge is -2.15. The first-order valence-electron chi connectivity index (χ1n) is 5.50. The first kappa shape index (κ1) is 11.9. The second-order valence-corrected chi connectivity index (χ2v) is 5.31. The Kier molecular flexibility index (Phi) is 2.61. The smallest absolute Gasteiger partial charge is 0.327 e. The predicted molar refractivity (Wildman–Crippen MR) is 61.7 cm³/mol. The fourth-order valence-corrected chi connectivity index (χ4v) is 1.70. The van der Waals surface area contributed by atoms with Crippen molar-refractivity contribution in [1.29, 1.82) is 0 Å². The van der Waals surface area contributed by atoms with E-state index in [9.17, 15) is 9.90 Å². The molecule has 0 aliphatic carbocycles. The molecule has 6 heteroatoms. The van der Waals surface area contributed by atoms with Crippen LogP contribution in [0.4, 0.5) is 10.6 Å². The summed E-state index contributed by atoms with van der Waals surface area (Å²) in [4.78, 5) is 14.5. The first-order valence-corrected chi connectivity index (χ1v) is 5.50. The number of carbonyl (C=O) groups is 1. The van der Waals surface area contributed by atoms with Gasteiger partial charge < -0.3 is 14.5 Å². The molecule has 1 saturated heterocycles. The second kappa shape index (κ2) is 3.73. The largest absolute Gasteiger partial charge is 0.371 e. The van der Waals surface area contributed by atoms with Gasteiger partial charge in [0.05, 0.1) is 6.54 Å². The molecule has 0 bridgehead atoms. The Bertz CT molecular complexity index is 435. The second-order valence-electron chi connectivity index (χ2n) is 5.31. The van der Waals surface area contributed by atoms with Crippen molar-refractivity contribution in [2.24, 2.45) is 0 Å². The summed E-state index contributed by atoms with van der Waals surface area (Å²) >= 11 is 0. The predicted octanol–water partition coefficient (Wildman–Crippen LogP) is 1.16. The lowest BCUT2D eigenvalue weighted by atomic mass is 9.93. The number of β-amino-alcohol motifs (C(OH)–C–C–N with tert-alkyl or cyclic N) is 1. The minimum atomic E-state index is -0.870. The SMILES string of the molecule is CN1CC(O)N(c2cc(C(C)(C)C)on2)C1=O. The van der Waals surface area contributed by atoms with Crippen LogP contribution in [0.2, 0.25) is 0 Å². The molecule has 1 atom stereocenters. The van der Waals surface area contributed by atoms with Gasteiger partial charge in [0.1, 0.15) is 5.76 Å². The van der Waals surface area contributed by atoms with Gasteiger partial charge in [0.2, 0.25) is 0 Å². The molecule has 1 N–H and O–H groups in total. The Labute approximate surface area is 99.8 Å². The van der Waals surface area contributed by atoms with E-state index in [-0.39, 0.29) is 18.0 Å². The molecule has 0 saturated carbocycles. The zero-order valence-corrected chi connectivity index (χ0v) is 10.5. The number of aliphatic hydroxyl groups is 1. The van der Waals surface area contributed by atoms with Gasteiger partial charge in [0, 0.05) is 18.5 Å². The molecule has 0 spiro atoms. The van der Waals surface area contributed by atoms with E-state index in [0.29, 0.717) is 11.6 Å². The number of urea groups is 1. The van der Waals surface area contributed by atoms with Crippen LogP contribution in [0, 0.1) is 0 Å². The van der Waals surface area contributed by atoms with E-state index >= 15 is 0 Å². The maximum absolute atomic E-state index is 11.8. The van der Waals surface area contributed by atoms with E-state index in [1.54, 1.807) is 13.1 Å². The molecule has 1 aromatic heterocycles. The molecule has 0 aromatic carbocycles. The highest BCUT2D eigenvalue weighted by Gasteiger charge is 2.37. The van der Waals surface area contributed by atoms with Gasteiger partial charge >= 0.3 is 6.03 Å². The van der Waals surface area contributed by atoms with Crippen LogP contribution in [0.15, 0.2) is 10.6 Å². The third-order valence-corrected chi connectivity index (χ3v) is 2.75. The third kappa shape index (κ3) is 2.00. The van der Waals surface area contributed by atoms with E-state index in [1.807, 2.05) is 20.8 Å². The lowest BCUT2D eigenvalue weighted by molar-refractivity contribution is 0.182. The summed E-state index contributed by atoms with van der Waals surface area (Å²) < 4.78 is 5.20. The van der Waals surface area contributed by atoms with Gasteiger partial charge in [0.15, 0.2) is 12.0 Å². The number of rotatable bonds is 1. The summed E-state index contributed by atoms with van der Waals surface area (Å²) in [5, 5.41) is 13.6. The number of amides is 2. The van der Waals surface area contributed by atoms with Crippen LogP contribution in [0.25, 0.3) is 0 Å². The molecular weight excluding hydrogens is 222 g/mol. The maximum Gasteiger partial charge on any atom is 0.327 e. The van der Waals surface area contributed by atoms with Gasteiger partial charge in [-0.05, 0) is 0 Å². The zero-order chi connectivity index (χ0) is 12.8. The van der Waals surface area contributed by atoms with Crippen molar-refractivity contribution < 1.29 is 14.4 Å². The number of carbonyl (C=O) groups excluding carboxylic acids is 1. The quantitative estimate of drug-likeness (QED) is 0.798. The average molecular weight is 239 g/mol. The highest BCUT2D eigenvalue weighted by atomic mass is 16.5. The molecule has 1 fully saturated rings. The molecule has 1 aliphatic heterocycles. The Hall–Kier alpha value is -1.56. The zero-order valence-electron chi connectivity index (χ0n) is 10.5. The molecular formula is C11H17N3O3. The van der Waals surface area contributed by atoms with Gasteiger partial charge in [0.25, 0.3) is 0 Å². The highest BCUT2D eigenvalue weighted by Crippen LogP contribution is 2.28. The summed E-state index contributed by atoms with van der Waals surface area (Å²) in [6.45, 7) is 6.25. The van der Waals surface area contributed by atoms with Crippen molar-refractivity contribution in [3.05, 3.63) is 11.8 Å². The fraction of sp³-hybridized carbons (Fsp3) is 0.636. The van der Waals surface area contributed by atoms with Crippen molar-refractivity contribution in [1.82, 2.24) is 10.1 Å². The number of likely N-dealkylation sites (N-methyl/N-ethyl adjacent to an activating group) is 1. The Morgan fingerprint density at radius 2 is 2.18 bits per heavy atom. The summed E-state index contributed by atoms with van der Waals surface area (Å²) in [6, 6.07) is 1.42. The van der Waals surface area contributed by atoms with Crippen molar-refractivity contribution in [2.45, 2.75) is 32.4 Å². The number of anilines is 1. The Balaban J connectivity index is 2.29. The van der Waals surface area contributed by atoms with Gasteiger partial charge in [-0.2, -0.15) is 0 Å². The van der Waals surface area contributed by atoms with Crippen LogP contribution in [0.3, 0.4) is 0 Å². The Morgan fingerprint density at radius 3 is 2.59 bits per heavy atom. The summed E-state index contributed by atoms with van der Waals surface area (Å²) in [7, 11) is 1.64. The van der Waals surface area contributed by atoms with Crippen LogP contribution < -0.4 is 4.90 Å². The standard InChI is InChI=1S/C11H17N3O3/c1-11(2,3)7-5-8(12-17-7)14-9(15)6-13(4)10(14)16/h5,9,15H,6H2,1-4H3. The fourth-order valence-electron chi connectivity index (χ4n) is 1.70. The molecule has 1 aromatic rings. The van der Waals surface area contributed by atoms with E-state index in [4.69, 9.17) is 4.52 Å². The summed E-state index contributed by atoms with van der Waals surface area (Å²) in [6.07, 6.45) is -0.870. The number of hydrogen-bond donors (Lipinski definition) is 1. The molecule has 6 nitrogen and oxygen atoms in total. The summed E-state index contributed by atoms with van der Waals surface area (Å²) in [5.74, 6) is 1.04. The molecule has 1 aliphatic rings. The van der Waals surface area contributed by atoms with Crippen molar-refractivity contribution in [3.63, 3.8) is 0 Å². The molecule has 2 heterocycles. The number of hydrogen-bond acceptors (Lipinski definition) is 4. The minimum absolute atomic E-state index is 0.176. The highest BCUT2D eigenvalue weighted by molar-refractivity contribution is 5.93. The Morgan fingerprint density at radius 1 is 1.53 bits per heavy atom. The van der Waals surface area contributed by atoms with Gasteiger partial charge in [-0.3, -0.25) is 0 Å². The van der Waals surface area contributed by atoms with Gasteiger partial charge in [-0.1, -0.05) is 25.9 Å². The normalized spacial score (nSPS) is 21.5. The molecule has 2 amide bonds. The van der Waals surface area contributed by atoms with E-state index in [1.165, 1.54) is 9.80 Å². The minimum Gasteiger partial charge on any atom is -0.371 e. The third-order valence-electron chi connectivity index (χ3n) is 2.75. The first-order chi connectivity index (χ1) is 7.80. The average Bonchev–Trinajstić information content (AvgIpc) is 2.73. The monoisotopic (exact) mass is 239 g/mol. The van der Waals surface area contributed by atoms with Gasteiger partial charge in [-0.25, -0.2) is 9.69 Å². The van der Waals surface area contributed by atoms with Crippen LogP contribution in [-0.4, -0.2) is 41.0 Å². The van der Waals surface area contributed by atoms with Crippen LogP contribution in [0.1, 0.15) is 26.5 Å². The van der Waals surface area contributed by atoms with Crippen molar-refractivity contribution in [3.8, 4) is 0 Å². The molecule has 1 unspecified atom stereocenters. The van der Waals surface area contributed by atoms with Crippen LogP contribution in [-0.2, 0) is 5.41 Å². The topological polar surface area (TPSA) is 69.8 Å². The van der Waals surface area contributed by atoms with E-state index in [2.05, 4.69) is 5.16 Å². The van der Waals surface area contributed by atoms with E-state index in [0.717, 1.165) is 0 Å². The number of aliphatic hydroxyl groups excluding tert-OH is 1. The molecule has 17 heavy (non-hydrogen) atoms. The van der Waals surface area contributed by atoms with Crippen molar-refractivity contribution in [2.75, 3.05) is 18.5 Å². The van der Waals surface area contributed by atoms with Crippen molar-refractivity contribution >= 4 is 11.8 Å². The molecule has 2 rings (SSSR count). The van der Waals surface area contributed by atoms with E-state index < -0.39 is 6.23 Å². The van der Waals surface area contributed by atoms with Crippen LogP contribution >= 0.6 is 0 Å². The summed E-state index contributed by atoms with van der Waals surface area (Å²) in [5.41, 5.74) is -0.176. The molecule has 94 valence electrons. The lowest BCUT2D eigenvalue weighted by Crippen LogP contribution is -2.34. The van der Waals surface area contributed by atoms with Crippen LogP contribution in [0.5, 0.6) is 0 Å².